The van der Waals surface area contributed by atoms with Crippen LogP contribution in [0.4, 0.5) is 0 Å². The highest BCUT2D eigenvalue weighted by Gasteiger charge is 2.27. The lowest BCUT2D eigenvalue weighted by atomic mass is 9.80. The zero-order valence-corrected chi connectivity index (χ0v) is 15.2. The van der Waals surface area contributed by atoms with E-state index in [-0.39, 0.29) is 10.6 Å². The number of fused-ring (bicyclic) bond motifs is 1. The number of aromatic carboxylic acids is 1. The Bertz CT molecular complexity index is 1110. The van der Waals surface area contributed by atoms with Crippen molar-refractivity contribution in [3.05, 3.63) is 65.4 Å². The van der Waals surface area contributed by atoms with Gasteiger partial charge in [-0.2, -0.15) is 0 Å². The maximum absolute atomic E-state index is 13.2. The minimum absolute atomic E-state index is 0.0807. The fourth-order valence-electron chi connectivity index (χ4n) is 3.41. The molecule has 0 atom stereocenters. The number of aryl methyl sites for hydroxylation is 1. The van der Waals surface area contributed by atoms with Crippen LogP contribution in [0.1, 0.15) is 46.8 Å². The van der Waals surface area contributed by atoms with Gasteiger partial charge in [0.05, 0.1) is 10.4 Å². The first kappa shape index (κ1) is 16.8. The van der Waals surface area contributed by atoms with Gasteiger partial charge in [0.1, 0.15) is 5.69 Å². The fraction of sp³-hybridized carbons (Fsp3) is 0.250. The maximum atomic E-state index is 13.2. The van der Waals surface area contributed by atoms with E-state index in [4.69, 9.17) is 0 Å². The number of aromatic nitrogens is 1. The average molecular weight is 369 g/mol. The Morgan fingerprint density at radius 1 is 1.08 bits per heavy atom. The molecule has 0 spiro atoms. The number of hydrogen-bond acceptors (Lipinski definition) is 3. The Kier molecular flexibility index (Phi) is 3.88. The highest BCUT2D eigenvalue weighted by atomic mass is 32.2. The summed E-state index contributed by atoms with van der Waals surface area (Å²) in [5, 5.41) is 10.2. The topological polar surface area (TPSA) is 76.4 Å². The Hall–Kier alpha value is -2.60. The third kappa shape index (κ3) is 2.61. The number of carboxylic acid groups (broad SMARTS) is 1. The van der Waals surface area contributed by atoms with Gasteiger partial charge in [0.25, 0.3) is 10.0 Å². The molecule has 1 N–H and O–H groups in total. The number of carbonyl (C=O) groups is 1. The minimum atomic E-state index is -4.01. The van der Waals surface area contributed by atoms with Gasteiger partial charge >= 0.3 is 5.97 Å². The van der Waals surface area contributed by atoms with E-state index in [0.717, 1.165) is 27.9 Å². The lowest BCUT2D eigenvalue weighted by molar-refractivity contribution is 0.0689. The molecule has 0 bridgehead atoms. The van der Waals surface area contributed by atoms with Gasteiger partial charge in [-0.1, -0.05) is 36.2 Å². The Labute approximate surface area is 151 Å². The Balaban J connectivity index is 1.97. The van der Waals surface area contributed by atoms with Crippen molar-refractivity contribution in [2.75, 3.05) is 0 Å². The molecule has 134 valence electrons. The SMILES string of the molecule is Cc1ccc(S(=O)(=O)n2c(C(=O)O)cc3ccc(C4CCC4)cc32)cc1. The third-order valence-electron chi connectivity index (χ3n) is 5.14. The van der Waals surface area contributed by atoms with Crippen molar-refractivity contribution in [2.45, 2.75) is 37.0 Å². The highest BCUT2D eigenvalue weighted by molar-refractivity contribution is 7.90. The van der Waals surface area contributed by atoms with Crippen LogP contribution < -0.4 is 0 Å². The van der Waals surface area contributed by atoms with E-state index < -0.39 is 16.0 Å². The van der Waals surface area contributed by atoms with E-state index in [1.165, 1.54) is 24.6 Å². The first-order chi connectivity index (χ1) is 12.4. The fourth-order valence-corrected chi connectivity index (χ4v) is 4.91. The normalized spacial score (nSPS) is 15.1. The second kappa shape index (κ2) is 5.99. The number of carboxylic acids is 1. The molecule has 1 aliphatic rings. The molecule has 0 unspecified atom stereocenters. The number of nitrogens with zero attached hydrogens (tertiary/aromatic N) is 1. The lowest BCUT2D eigenvalue weighted by Gasteiger charge is -2.25. The third-order valence-corrected chi connectivity index (χ3v) is 6.88. The molecule has 5 nitrogen and oxygen atoms in total. The molecule has 26 heavy (non-hydrogen) atoms. The summed E-state index contributed by atoms with van der Waals surface area (Å²) in [6, 6.07) is 13.5. The standard InChI is InChI=1S/C20H19NO4S/c1-13-5-9-17(10-6-13)26(24,25)21-18-11-15(14-3-2-4-14)7-8-16(18)12-19(21)20(22)23/h5-12,14H,2-4H2,1H3,(H,22,23). The minimum Gasteiger partial charge on any atom is -0.477 e. The summed E-state index contributed by atoms with van der Waals surface area (Å²) >= 11 is 0. The zero-order valence-electron chi connectivity index (χ0n) is 14.3. The molecule has 0 radical (unpaired) electrons. The Morgan fingerprint density at radius 2 is 1.77 bits per heavy atom. The van der Waals surface area contributed by atoms with Crippen LogP contribution in [0.15, 0.2) is 53.4 Å². The number of hydrogen-bond donors (Lipinski definition) is 1. The molecular formula is C20H19NO4S. The van der Waals surface area contributed by atoms with Crippen molar-refractivity contribution in [1.82, 2.24) is 3.97 Å². The maximum Gasteiger partial charge on any atom is 0.353 e. The summed E-state index contributed by atoms with van der Waals surface area (Å²) in [5.41, 5.74) is 2.19. The molecule has 1 aromatic heterocycles. The summed E-state index contributed by atoms with van der Waals surface area (Å²) in [6.45, 7) is 1.87. The monoisotopic (exact) mass is 369 g/mol. The van der Waals surface area contributed by atoms with E-state index in [1.807, 2.05) is 25.1 Å². The van der Waals surface area contributed by atoms with E-state index in [2.05, 4.69) is 0 Å². The lowest BCUT2D eigenvalue weighted by Crippen LogP contribution is -2.18. The zero-order chi connectivity index (χ0) is 18.5. The van der Waals surface area contributed by atoms with Crippen molar-refractivity contribution in [3.8, 4) is 0 Å². The van der Waals surface area contributed by atoms with Crippen LogP contribution >= 0.6 is 0 Å². The molecule has 2 aromatic carbocycles. The van der Waals surface area contributed by atoms with Crippen LogP contribution in [-0.2, 0) is 10.0 Å². The molecular weight excluding hydrogens is 350 g/mol. The van der Waals surface area contributed by atoms with Crippen LogP contribution in [0, 0.1) is 6.92 Å². The largest absolute Gasteiger partial charge is 0.477 e. The predicted octanol–water partition coefficient (Wildman–Crippen LogP) is 4.15. The van der Waals surface area contributed by atoms with E-state index >= 15 is 0 Å². The molecule has 6 heteroatoms. The highest BCUT2D eigenvalue weighted by Crippen LogP contribution is 2.38. The van der Waals surface area contributed by atoms with Gasteiger partial charge in [0.2, 0.25) is 0 Å². The van der Waals surface area contributed by atoms with Gasteiger partial charge in [-0.25, -0.2) is 17.2 Å². The molecule has 1 aliphatic carbocycles. The predicted molar refractivity (Wildman–Crippen MR) is 99.3 cm³/mol. The molecule has 4 rings (SSSR count). The molecule has 1 saturated carbocycles. The quantitative estimate of drug-likeness (QED) is 0.749. The summed E-state index contributed by atoms with van der Waals surface area (Å²) in [5.74, 6) is -0.833. The van der Waals surface area contributed by atoms with E-state index in [0.29, 0.717) is 16.8 Å². The van der Waals surface area contributed by atoms with Crippen LogP contribution in [0.5, 0.6) is 0 Å². The van der Waals surface area contributed by atoms with E-state index in [1.54, 1.807) is 12.1 Å². The summed E-state index contributed by atoms with van der Waals surface area (Å²) in [4.78, 5) is 11.8. The van der Waals surface area contributed by atoms with Crippen molar-refractivity contribution < 1.29 is 18.3 Å². The number of rotatable bonds is 4. The smallest absolute Gasteiger partial charge is 0.353 e. The second-order valence-corrected chi connectivity index (χ2v) is 8.65. The summed E-state index contributed by atoms with van der Waals surface area (Å²) < 4.78 is 27.4. The second-order valence-electron chi connectivity index (χ2n) is 6.86. The molecule has 1 heterocycles. The molecule has 0 aliphatic heterocycles. The summed E-state index contributed by atoms with van der Waals surface area (Å²) in [7, 11) is -4.01. The van der Waals surface area contributed by atoms with Crippen LogP contribution in [0.2, 0.25) is 0 Å². The van der Waals surface area contributed by atoms with Gasteiger partial charge in [-0.3, -0.25) is 0 Å². The van der Waals surface area contributed by atoms with E-state index in [9.17, 15) is 18.3 Å². The number of benzene rings is 2. The molecule has 0 amide bonds. The van der Waals surface area contributed by atoms with Gasteiger partial charge in [0.15, 0.2) is 0 Å². The van der Waals surface area contributed by atoms with Crippen LogP contribution in [-0.4, -0.2) is 23.5 Å². The molecule has 0 saturated heterocycles. The molecule has 3 aromatic rings. The van der Waals surface area contributed by atoms with Crippen LogP contribution in [0.25, 0.3) is 10.9 Å². The van der Waals surface area contributed by atoms with Crippen molar-refractivity contribution in [2.24, 2.45) is 0 Å². The first-order valence-electron chi connectivity index (χ1n) is 8.59. The molecule has 1 fully saturated rings. The van der Waals surface area contributed by atoms with Crippen LogP contribution in [0.3, 0.4) is 0 Å². The van der Waals surface area contributed by atoms with Gasteiger partial charge in [-0.05, 0) is 55.5 Å². The summed E-state index contributed by atoms with van der Waals surface area (Å²) in [6.07, 6.45) is 3.34. The van der Waals surface area contributed by atoms with Crippen molar-refractivity contribution in [3.63, 3.8) is 0 Å². The first-order valence-corrected chi connectivity index (χ1v) is 10.0. The van der Waals surface area contributed by atoms with Gasteiger partial charge in [-0.15, -0.1) is 0 Å². The average Bonchev–Trinajstić information content (AvgIpc) is 2.93. The van der Waals surface area contributed by atoms with Crippen molar-refractivity contribution >= 4 is 26.9 Å². The Morgan fingerprint density at radius 3 is 2.35 bits per heavy atom. The van der Waals surface area contributed by atoms with Gasteiger partial charge < -0.3 is 5.11 Å². The van der Waals surface area contributed by atoms with Crippen molar-refractivity contribution in [1.29, 1.82) is 0 Å². The van der Waals surface area contributed by atoms with Gasteiger partial charge in [0, 0.05) is 5.39 Å².